The van der Waals surface area contributed by atoms with Gasteiger partial charge in [-0.05, 0) is 44.9 Å². The first-order valence-electron chi connectivity index (χ1n) is 6.60. The lowest BCUT2D eigenvalue weighted by atomic mass is 10.1. The SMILES string of the molecule is C/C=C/C(=O)N(C)CC(=O)Nc1c(C)cc(C)cc1C. The van der Waals surface area contributed by atoms with E-state index in [4.69, 9.17) is 0 Å². The molecule has 1 rings (SSSR count). The first-order valence-corrected chi connectivity index (χ1v) is 6.60. The van der Waals surface area contributed by atoms with Gasteiger partial charge in [0.15, 0.2) is 0 Å². The van der Waals surface area contributed by atoms with Gasteiger partial charge in [-0.3, -0.25) is 9.59 Å². The summed E-state index contributed by atoms with van der Waals surface area (Å²) in [6.07, 6.45) is 3.10. The van der Waals surface area contributed by atoms with Gasteiger partial charge in [-0.15, -0.1) is 0 Å². The Morgan fingerprint density at radius 1 is 1.20 bits per heavy atom. The number of rotatable bonds is 4. The maximum Gasteiger partial charge on any atom is 0.246 e. The zero-order valence-electron chi connectivity index (χ0n) is 12.8. The van der Waals surface area contributed by atoms with Crippen LogP contribution in [-0.2, 0) is 9.59 Å². The number of nitrogens with zero attached hydrogens (tertiary/aromatic N) is 1. The summed E-state index contributed by atoms with van der Waals surface area (Å²) in [5, 5.41) is 2.88. The van der Waals surface area contributed by atoms with Gasteiger partial charge in [-0.2, -0.15) is 0 Å². The number of hydrogen-bond acceptors (Lipinski definition) is 2. The first kappa shape index (κ1) is 16.0. The number of aryl methyl sites for hydroxylation is 3. The van der Waals surface area contributed by atoms with Crippen LogP contribution in [0.2, 0.25) is 0 Å². The molecule has 1 N–H and O–H groups in total. The zero-order chi connectivity index (χ0) is 15.3. The molecule has 0 aliphatic carbocycles. The number of likely N-dealkylation sites (N-methyl/N-ethyl adjacent to an activating group) is 1. The van der Waals surface area contributed by atoms with Gasteiger partial charge >= 0.3 is 0 Å². The molecule has 4 heteroatoms. The highest BCUT2D eigenvalue weighted by molar-refractivity contribution is 5.97. The Kier molecular flexibility index (Phi) is 5.50. The van der Waals surface area contributed by atoms with Crippen molar-refractivity contribution in [2.24, 2.45) is 0 Å². The molecule has 108 valence electrons. The van der Waals surface area contributed by atoms with E-state index in [1.807, 2.05) is 32.9 Å². The van der Waals surface area contributed by atoms with Crippen molar-refractivity contribution in [3.63, 3.8) is 0 Å². The second-order valence-electron chi connectivity index (χ2n) is 5.02. The maximum absolute atomic E-state index is 12.0. The molecule has 0 spiro atoms. The molecule has 0 aliphatic rings. The van der Waals surface area contributed by atoms with Crippen LogP contribution >= 0.6 is 0 Å². The van der Waals surface area contributed by atoms with Gasteiger partial charge in [0, 0.05) is 12.7 Å². The molecule has 0 atom stereocenters. The summed E-state index contributed by atoms with van der Waals surface area (Å²) in [6, 6.07) is 4.05. The average Bonchev–Trinajstić information content (AvgIpc) is 2.34. The minimum atomic E-state index is -0.194. The summed E-state index contributed by atoms with van der Waals surface area (Å²) >= 11 is 0. The van der Waals surface area contributed by atoms with E-state index in [9.17, 15) is 9.59 Å². The number of anilines is 1. The molecule has 20 heavy (non-hydrogen) atoms. The van der Waals surface area contributed by atoms with Crippen LogP contribution in [0.4, 0.5) is 5.69 Å². The van der Waals surface area contributed by atoms with E-state index in [2.05, 4.69) is 5.32 Å². The average molecular weight is 274 g/mol. The minimum absolute atomic E-state index is 0.0376. The summed E-state index contributed by atoms with van der Waals surface area (Å²) < 4.78 is 0. The Morgan fingerprint density at radius 3 is 2.25 bits per heavy atom. The van der Waals surface area contributed by atoms with Crippen LogP contribution in [0.1, 0.15) is 23.6 Å². The normalized spacial score (nSPS) is 10.7. The molecular weight excluding hydrogens is 252 g/mol. The van der Waals surface area contributed by atoms with Crippen molar-refractivity contribution in [1.29, 1.82) is 0 Å². The first-order chi connectivity index (χ1) is 9.35. The van der Waals surface area contributed by atoms with Crippen molar-refractivity contribution in [2.75, 3.05) is 18.9 Å². The minimum Gasteiger partial charge on any atom is -0.333 e. The van der Waals surface area contributed by atoms with Crippen molar-refractivity contribution in [1.82, 2.24) is 4.90 Å². The predicted molar refractivity (Wildman–Crippen MR) is 81.7 cm³/mol. The third-order valence-electron chi connectivity index (χ3n) is 3.01. The van der Waals surface area contributed by atoms with Crippen LogP contribution in [0.25, 0.3) is 0 Å². The Labute approximate surface area is 120 Å². The molecular formula is C16H22N2O2. The van der Waals surface area contributed by atoms with Crippen molar-refractivity contribution < 1.29 is 9.59 Å². The van der Waals surface area contributed by atoms with Gasteiger partial charge < -0.3 is 10.2 Å². The van der Waals surface area contributed by atoms with E-state index < -0.39 is 0 Å². The Hall–Kier alpha value is -2.10. The summed E-state index contributed by atoms with van der Waals surface area (Å²) in [6.45, 7) is 7.75. The van der Waals surface area contributed by atoms with Crippen LogP contribution in [-0.4, -0.2) is 30.3 Å². The predicted octanol–water partition coefficient (Wildman–Crippen LogP) is 2.58. The summed E-state index contributed by atoms with van der Waals surface area (Å²) in [7, 11) is 1.61. The van der Waals surface area contributed by atoms with E-state index in [0.29, 0.717) is 0 Å². The quantitative estimate of drug-likeness (QED) is 0.858. The second-order valence-corrected chi connectivity index (χ2v) is 5.02. The highest BCUT2D eigenvalue weighted by Gasteiger charge is 2.12. The van der Waals surface area contributed by atoms with Gasteiger partial charge in [0.05, 0.1) is 6.54 Å². The van der Waals surface area contributed by atoms with Crippen LogP contribution in [0.5, 0.6) is 0 Å². The lowest BCUT2D eigenvalue weighted by molar-refractivity contribution is -0.129. The molecule has 0 aliphatic heterocycles. The fourth-order valence-corrected chi connectivity index (χ4v) is 2.12. The summed E-state index contributed by atoms with van der Waals surface area (Å²) in [5.41, 5.74) is 4.04. The molecule has 0 unspecified atom stereocenters. The summed E-state index contributed by atoms with van der Waals surface area (Å²) in [5.74, 6) is -0.375. The third-order valence-corrected chi connectivity index (χ3v) is 3.01. The number of benzene rings is 1. The number of hydrogen-bond donors (Lipinski definition) is 1. The highest BCUT2D eigenvalue weighted by atomic mass is 16.2. The molecule has 0 aromatic heterocycles. The molecule has 0 bridgehead atoms. The van der Waals surface area contributed by atoms with E-state index in [0.717, 1.165) is 16.8 Å². The molecule has 0 saturated heterocycles. The summed E-state index contributed by atoms with van der Waals surface area (Å²) in [4.78, 5) is 24.9. The topological polar surface area (TPSA) is 49.4 Å². The lowest BCUT2D eigenvalue weighted by Crippen LogP contribution is -2.34. The van der Waals surface area contributed by atoms with Crippen LogP contribution in [0, 0.1) is 20.8 Å². The van der Waals surface area contributed by atoms with Crippen molar-refractivity contribution in [3.8, 4) is 0 Å². The van der Waals surface area contributed by atoms with Crippen LogP contribution in [0.3, 0.4) is 0 Å². The second kappa shape index (κ2) is 6.89. The monoisotopic (exact) mass is 274 g/mol. The molecule has 4 nitrogen and oxygen atoms in total. The molecule has 0 saturated carbocycles. The van der Waals surface area contributed by atoms with E-state index in [1.54, 1.807) is 20.0 Å². The number of amides is 2. The van der Waals surface area contributed by atoms with Crippen molar-refractivity contribution >= 4 is 17.5 Å². The smallest absolute Gasteiger partial charge is 0.246 e. The number of carbonyl (C=O) groups is 2. The molecule has 0 radical (unpaired) electrons. The fourth-order valence-electron chi connectivity index (χ4n) is 2.12. The van der Waals surface area contributed by atoms with Crippen LogP contribution in [0.15, 0.2) is 24.3 Å². The van der Waals surface area contributed by atoms with E-state index >= 15 is 0 Å². The number of nitrogens with one attached hydrogen (secondary N) is 1. The Balaban J connectivity index is 2.75. The third kappa shape index (κ3) is 4.23. The Morgan fingerprint density at radius 2 is 1.75 bits per heavy atom. The lowest BCUT2D eigenvalue weighted by Gasteiger charge is -2.17. The molecule has 1 aromatic rings. The van der Waals surface area contributed by atoms with Gasteiger partial charge in [-0.25, -0.2) is 0 Å². The standard InChI is InChI=1S/C16H22N2O2/c1-6-7-15(20)18(5)10-14(19)17-16-12(3)8-11(2)9-13(16)4/h6-9H,10H2,1-5H3,(H,17,19)/b7-6+. The molecule has 0 fully saturated rings. The zero-order valence-corrected chi connectivity index (χ0v) is 12.8. The maximum atomic E-state index is 12.0. The van der Waals surface area contributed by atoms with Crippen LogP contribution < -0.4 is 5.32 Å². The molecule has 1 aromatic carbocycles. The van der Waals surface area contributed by atoms with E-state index in [1.165, 1.54) is 16.5 Å². The Bertz CT molecular complexity index is 524. The van der Waals surface area contributed by atoms with E-state index in [-0.39, 0.29) is 18.4 Å². The molecule has 2 amide bonds. The van der Waals surface area contributed by atoms with Crippen molar-refractivity contribution in [2.45, 2.75) is 27.7 Å². The largest absolute Gasteiger partial charge is 0.333 e. The van der Waals surface area contributed by atoms with Gasteiger partial charge in [0.1, 0.15) is 0 Å². The van der Waals surface area contributed by atoms with Crippen molar-refractivity contribution in [3.05, 3.63) is 41.0 Å². The molecule has 0 heterocycles. The highest BCUT2D eigenvalue weighted by Crippen LogP contribution is 2.21. The number of allylic oxidation sites excluding steroid dienone is 1. The van der Waals surface area contributed by atoms with Gasteiger partial charge in [0.2, 0.25) is 11.8 Å². The van der Waals surface area contributed by atoms with Gasteiger partial charge in [-0.1, -0.05) is 23.8 Å². The fraction of sp³-hybridized carbons (Fsp3) is 0.375. The van der Waals surface area contributed by atoms with Gasteiger partial charge in [0.25, 0.3) is 0 Å². The number of carbonyl (C=O) groups excluding carboxylic acids is 2.